The Labute approximate surface area is 194 Å². The van der Waals surface area contributed by atoms with Crippen LogP contribution in [-0.2, 0) is 16.1 Å². The number of rotatable bonds is 9. The van der Waals surface area contributed by atoms with Crippen molar-refractivity contribution in [3.05, 3.63) is 69.7 Å². The summed E-state index contributed by atoms with van der Waals surface area (Å²) in [6.45, 7) is 7.80. The van der Waals surface area contributed by atoms with Crippen LogP contribution in [0.1, 0.15) is 38.3 Å². The smallest absolute Gasteiger partial charge is 0.145 e. The number of aliphatic hydroxyl groups is 1. The van der Waals surface area contributed by atoms with Crippen LogP contribution in [0.25, 0.3) is 0 Å². The van der Waals surface area contributed by atoms with Gasteiger partial charge < -0.3 is 14.7 Å². The molecule has 2 aromatic carbocycles. The van der Waals surface area contributed by atoms with Crippen molar-refractivity contribution in [2.24, 2.45) is 5.16 Å². The van der Waals surface area contributed by atoms with Crippen LogP contribution < -0.4 is 0 Å². The number of hydrogen-bond donors (Lipinski definition) is 1. The fraction of sp³-hybridized carbons (Fsp3) is 0.458. The molecule has 7 heteroatoms. The van der Waals surface area contributed by atoms with Crippen molar-refractivity contribution in [3.8, 4) is 0 Å². The van der Waals surface area contributed by atoms with E-state index in [0.717, 1.165) is 16.8 Å². The van der Waals surface area contributed by atoms with Gasteiger partial charge in [0.05, 0.1) is 24.0 Å². The molecule has 0 radical (unpaired) electrons. The molecule has 0 saturated heterocycles. The lowest BCUT2D eigenvalue weighted by atomic mass is 10.0. The number of benzene rings is 2. The van der Waals surface area contributed by atoms with Gasteiger partial charge in [-0.2, -0.15) is 0 Å². The van der Waals surface area contributed by atoms with Crippen molar-refractivity contribution in [2.45, 2.75) is 51.5 Å². The van der Waals surface area contributed by atoms with Crippen molar-refractivity contribution >= 4 is 28.9 Å². The van der Waals surface area contributed by atoms with E-state index in [1.807, 2.05) is 69.3 Å². The molecule has 168 valence electrons. The van der Waals surface area contributed by atoms with E-state index < -0.39 is 6.10 Å². The van der Waals surface area contributed by atoms with Crippen molar-refractivity contribution in [1.82, 2.24) is 4.90 Å². The highest BCUT2D eigenvalue weighted by Gasteiger charge is 2.27. The van der Waals surface area contributed by atoms with Gasteiger partial charge in [0.25, 0.3) is 0 Å². The summed E-state index contributed by atoms with van der Waals surface area (Å²) in [4.78, 5) is 7.84. The largest absolute Gasteiger partial charge is 0.390 e. The van der Waals surface area contributed by atoms with Crippen LogP contribution in [0.2, 0.25) is 10.0 Å². The van der Waals surface area contributed by atoms with E-state index in [2.05, 4.69) is 10.1 Å². The summed E-state index contributed by atoms with van der Waals surface area (Å²) >= 11 is 12.7. The normalized spacial score (nSPS) is 17.5. The highest BCUT2D eigenvalue weighted by molar-refractivity contribution is 6.34. The minimum Gasteiger partial charge on any atom is -0.390 e. The molecule has 2 atom stereocenters. The summed E-state index contributed by atoms with van der Waals surface area (Å²) in [6.07, 6.45) is -0.117. The summed E-state index contributed by atoms with van der Waals surface area (Å²) in [5, 5.41) is 16.2. The zero-order valence-corrected chi connectivity index (χ0v) is 19.7. The average molecular weight is 465 g/mol. The lowest BCUT2D eigenvalue weighted by Crippen LogP contribution is -2.40. The summed E-state index contributed by atoms with van der Waals surface area (Å²) in [6, 6.07) is 15.4. The molecule has 2 aromatic rings. The monoisotopic (exact) mass is 464 g/mol. The fourth-order valence-corrected chi connectivity index (χ4v) is 3.88. The Bertz CT molecular complexity index is 898. The molecule has 1 heterocycles. The minimum atomic E-state index is -0.632. The molecular weight excluding hydrogens is 435 g/mol. The molecule has 31 heavy (non-hydrogen) atoms. The molecule has 0 aromatic heterocycles. The number of oxime groups is 1. The maximum atomic E-state index is 10.6. The number of aliphatic hydroxyl groups excluding tert-OH is 1. The molecule has 1 aliphatic rings. The quantitative estimate of drug-likeness (QED) is 0.556. The predicted octanol–water partition coefficient (Wildman–Crippen LogP) is 5.16. The van der Waals surface area contributed by atoms with Gasteiger partial charge >= 0.3 is 0 Å². The number of nitrogens with zero attached hydrogens (tertiary/aromatic N) is 2. The van der Waals surface area contributed by atoms with Crippen molar-refractivity contribution in [2.75, 3.05) is 19.7 Å². The fourth-order valence-electron chi connectivity index (χ4n) is 3.44. The highest BCUT2D eigenvalue weighted by Crippen LogP contribution is 2.24. The molecule has 0 fully saturated rings. The number of halogens is 2. The summed E-state index contributed by atoms with van der Waals surface area (Å²) in [5.41, 5.74) is 2.42. The van der Waals surface area contributed by atoms with Gasteiger partial charge in [-0.25, -0.2) is 0 Å². The Morgan fingerprint density at radius 3 is 2.48 bits per heavy atom. The zero-order valence-electron chi connectivity index (χ0n) is 18.2. The number of ether oxygens (including phenoxy) is 1. The van der Waals surface area contributed by atoms with E-state index in [1.54, 1.807) is 0 Å². The Kier molecular flexibility index (Phi) is 8.36. The lowest BCUT2D eigenvalue weighted by molar-refractivity contribution is -0.0600. The second kappa shape index (κ2) is 10.8. The molecule has 0 spiro atoms. The molecular formula is C24H30Cl2N2O3. The number of hydrogen-bond acceptors (Lipinski definition) is 5. The van der Waals surface area contributed by atoms with Crippen LogP contribution >= 0.6 is 23.2 Å². The van der Waals surface area contributed by atoms with Gasteiger partial charge in [0, 0.05) is 41.7 Å². The molecule has 0 bridgehead atoms. The van der Waals surface area contributed by atoms with Gasteiger partial charge in [0.1, 0.15) is 6.10 Å². The van der Waals surface area contributed by atoms with E-state index in [9.17, 15) is 5.11 Å². The molecule has 2 unspecified atom stereocenters. The van der Waals surface area contributed by atoms with Gasteiger partial charge in [-0.1, -0.05) is 64.8 Å². The van der Waals surface area contributed by atoms with Crippen molar-refractivity contribution < 1.29 is 14.7 Å². The lowest BCUT2D eigenvalue weighted by Gasteiger charge is -2.29. The first-order chi connectivity index (χ1) is 14.7. The van der Waals surface area contributed by atoms with Gasteiger partial charge in [-0.05, 0) is 38.5 Å². The van der Waals surface area contributed by atoms with Gasteiger partial charge in [-0.3, -0.25) is 4.90 Å². The van der Waals surface area contributed by atoms with Crippen LogP contribution in [0, 0.1) is 0 Å². The topological polar surface area (TPSA) is 54.3 Å². The molecule has 0 saturated carbocycles. The molecule has 1 N–H and O–H groups in total. The van der Waals surface area contributed by atoms with Crippen LogP contribution in [0.15, 0.2) is 53.7 Å². The van der Waals surface area contributed by atoms with Crippen LogP contribution in [0.5, 0.6) is 0 Å². The summed E-state index contributed by atoms with van der Waals surface area (Å²) in [5.74, 6) is 0. The third kappa shape index (κ3) is 7.48. The molecule has 1 aliphatic heterocycles. The van der Waals surface area contributed by atoms with Gasteiger partial charge in [0.2, 0.25) is 0 Å². The maximum Gasteiger partial charge on any atom is 0.145 e. The van der Waals surface area contributed by atoms with Gasteiger partial charge in [0.15, 0.2) is 0 Å². The van der Waals surface area contributed by atoms with Gasteiger partial charge in [-0.15, -0.1) is 0 Å². The van der Waals surface area contributed by atoms with E-state index in [-0.39, 0.29) is 18.3 Å². The molecule has 0 aliphatic carbocycles. The minimum absolute atomic E-state index is 0.135. The van der Waals surface area contributed by atoms with E-state index >= 15 is 0 Å². The SMILES string of the molecule is CC(C)(C)OCC(O)CN(Cc1ccccc1Cl)CC1CC(c2ccccc2Cl)=NO1. The summed E-state index contributed by atoms with van der Waals surface area (Å²) < 4.78 is 5.75. The zero-order chi connectivity index (χ0) is 22.4. The average Bonchev–Trinajstić information content (AvgIpc) is 3.16. The van der Waals surface area contributed by atoms with E-state index in [4.69, 9.17) is 32.8 Å². The first-order valence-corrected chi connectivity index (χ1v) is 11.2. The Morgan fingerprint density at radius 2 is 1.81 bits per heavy atom. The second-order valence-electron chi connectivity index (χ2n) is 8.81. The van der Waals surface area contributed by atoms with Crippen LogP contribution in [-0.4, -0.2) is 53.2 Å². The first-order valence-electron chi connectivity index (χ1n) is 10.5. The van der Waals surface area contributed by atoms with Crippen LogP contribution in [0.3, 0.4) is 0 Å². The van der Waals surface area contributed by atoms with Crippen molar-refractivity contribution in [3.63, 3.8) is 0 Å². The summed E-state index contributed by atoms with van der Waals surface area (Å²) in [7, 11) is 0. The maximum absolute atomic E-state index is 10.6. The molecule has 5 nitrogen and oxygen atoms in total. The van der Waals surface area contributed by atoms with Crippen molar-refractivity contribution in [1.29, 1.82) is 0 Å². The molecule has 3 rings (SSSR count). The Morgan fingerprint density at radius 1 is 1.13 bits per heavy atom. The van der Waals surface area contributed by atoms with Crippen LogP contribution in [0.4, 0.5) is 0 Å². The second-order valence-corrected chi connectivity index (χ2v) is 9.63. The first kappa shape index (κ1) is 24.0. The third-order valence-electron chi connectivity index (χ3n) is 4.91. The standard InChI is InChI=1S/C24H30Cl2N2O3/c1-24(2,3)30-16-18(29)14-28(13-17-8-4-6-10-21(17)25)15-19-12-23(27-31-19)20-9-5-7-11-22(20)26/h4-11,18-19,29H,12-16H2,1-3H3. The Balaban J connectivity index is 1.65. The highest BCUT2D eigenvalue weighted by atomic mass is 35.5. The third-order valence-corrected chi connectivity index (χ3v) is 5.61. The molecule has 0 amide bonds. The Hall–Kier alpha value is -1.63. The predicted molar refractivity (Wildman–Crippen MR) is 126 cm³/mol. The van der Waals surface area contributed by atoms with E-state index in [0.29, 0.717) is 36.1 Å². The van der Waals surface area contributed by atoms with E-state index in [1.165, 1.54) is 0 Å².